The van der Waals surface area contributed by atoms with Gasteiger partial charge < -0.3 is 14.8 Å². The van der Waals surface area contributed by atoms with E-state index in [0.29, 0.717) is 29.1 Å². The first-order valence-corrected chi connectivity index (χ1v) is 9.83. The molecule has 0 spiro atoms. The van der Waals surface area contributed by atoms with Crippen LogP contribution in [0.4, 0.5) is 0 Å². The summed E-state index contributed by atoms with van der Waals surface area (Å²) >= 11 is 3.13. The van der Waals surface area contributed by atoms with Gasteiger partial charge in [-0.1, -0.05) is 23.0 Å². The normalized spacial score (nSPS) is 11.3. The summed E-state index contributed by atoms with van der Waals surface area (Å²) < 4.78 is 12.1. The van der Waals surface area contributed by atoms with Gasteiger partial charge in [-0.25, -0.2) is 4.68 Å². The summed E-state index contributed by atoms with van der Waals surface area (Å²) in [6.45, 7) is 1.87. The summed E-state index contributed by atoms with van der Waals surface area (Å²) in [6.07, 6.45) is 3.18. The number of aromatic nitrogens is 5. The van der Waals surface area contributed by atoms with E-state index in [4.69, 9.17) is 14.8 Å². The first kappa shape index (κ1) is 16.9. The maximum Gasteiger partial charge on any atom is 0.227 e. The van der Waals surface area contributed by atoms with Crippen LogP contribution in [0.5, 0.6) is 0 Å². The van der Waals surface area contributed by atoms with E-state index in [2.05, 4.69) is 20.3 Å². The SMILES string of the molecule is Cc1occc1-c1nnc(SCCCc2nc(-c3cccs3)no2)n1N. The van der Waals surface area contributed by atoms with Crippen molar-refractivity contribution in [3.8, 4) is 22.1 Å². The van der Waals surface area contributed by atoms with E-state index in [1.165, 1.54) is 4.68 Å². The van der Waals surface area contributed by atoms with Gasteiger partial charge in [-0.3, -0.25) is 0 Å². The van der Waals surface area contributed by atoms with Crippen molar-refractivity contribution in [3.63, 3.8) is 0 Å². The van der Waals surface area contributed by atoms with E-state index in [0.717, 1.165) is 28.4 Å². The zero-order valence-corrected chi connectivity index (χ0v) is 15.6. The zero-order valence-electron chi connectivity index (χ0n) is 14.0. The molecule has 4 heterocycles. The van der Waals surface area contributed by atoms with Gasteiger partial charge in [0, 0.05) is 12.2 Å². The monoisotopic (exact) mass is 388 g/mol. The van der Waals surface area contributed by atoms with Crippen LogP contribution < -0.4 is 5.84 Å². The Morgan fingerprint density at radius 1 is 1.31 bits per heavy atom. The first-order valence-electron chi connectivity index (χ1n) is 7.96. The molecular weight excluding hydrogens is 372 g/mol. The van der Waals surface area contributed by atoms with Crippen LogP contribution in [-0.2, 0) is 6.42 Å². The highest BCUT2D eigenvalue weighted by Crippen LogP contribution is 2.26. The quantitative estimate of drug-likeness (QED) is 0.291. The molecule has 4 aromatic heterocycles. The lowest BCUT2D eigenvalue weighted by molar-refractivity contribution is 0.378. The van der Waals surface area contributed by atoms with Crippen molar-refractivity contribution in [2.45, 2.75) is 24.9 Å². The fourth-order valence-corrected chi connectivity index (χ4v) is 3.87. The molecule has 134 valence electrons. The molecule has 0 aliphatic rings. The van der Waals surface area contributed by atoms with Gasteiger partial charge in [-0.05, 0) is 30.9 Å². The van der Waals surface area contributed by atoms with E-state index in [-0.39, 0.29) is 0 Å². The summed E-state index contributed by atoms with van der Waals surface area (Å²) in [7, 11) is 0. The van der Waals surface area contributed by atoms with Gasteiger partial charge in [0.25, 0.3) is 0 Å². The number of nitrogens with two attached hydrogens (primary N) is 1. The van der Waals surface area contributed by atoms with E-state index in [1.807, 2.05) is 30.5 Å². The average molecular weight is 388 g/mol. The Balaban J connectivity index is 1.32. The standard InChI is InChI=1S/C16H16N6O2S2/c1-10-11(6-7-23-10)15-19-20-16(22(15)17)26-9-3-5-13-18-14(21-24-13)12-4-2-8-25-12/h2,4,6-8H,3,5,9,17H2,1H3. The molecule has 0 aliphatic carbocycles. The van der Waals surface area contributed by atoms with Crippen LogP contribution in [0.3, 0.4) is 0 Å². The van der Waals surface area contributed by atoms with E-state index < -0.39 is 0 Å². The number of rotatable bonds is 7. The summed E-state index contributed by atoms with van der Waals surface area (Å²) in [4.78, 5) is 5.42. The number of hydrogen-bond acceptors (Lipinski definition) is 9. The minimum atomic E-state index is 0.594. The number of hydrogen-bond donors (Lipinski definition) is 1. The number of thioether (sulfide) groups is 1. The molecule has 26 heavy (non-hydrogen) atoms. The smallest absolute Gasteiger partial charge is 0.227 e. The van der Waals surface area contributed by atoms with Crippen molar-refractivity contribution >= 4 is 23.1 Å². The maximum atomic E-state index is 6.10. The third-order valence-electron chi connectivity index (χ3n) is 3.74. The van der Waals surface area contributed by atoms with Crippen LogP contribution >= 0.6 is 23.1 Å². The molecule has 0 aromatic carbocycles. The van der Waals surface area contributed by atoms with Crippen molar-refractivity contribution in [2.24, 2.45) is 0 Å². The number of nitrogens with zero attached hydrogens (tertiary/aromatic N) is 5. The average Bonchev–Trinajstić information content (AvgIpc) is 3.40. The van der Waals surface area contributed by atoms with E-state index in [1.54, 1.807) is 29.4 Å². The first-order chi connectivity index (χ1) is 12.7. The minimum absolute atomic E-state index is 0.594. The molecule has 8 nitrogen and oxygen atoms in total. The third kappa shape index (κ3) is 3.37. The molecule has 0 amide bonds. The van der Waals surface area contributed by atoms with Crippen molar-refractivity contribution in [1.82, 2.24) is 25.0 Å². The van der Waals surface area contributed by atoms with Crippen LogP contribution in [-0.4, -0.2) is 30.8 Å². The predicted octanol–water partition coefficient (Wildman–Crippen LogP) is 3.40. The molecule has 4 rings (SSSR count). The highest BCUT2D eigenvalue weighted by atomic mass is 32.2. The van der Waals surface area contributed by atoms with Crippen LogP contribution in [0.1, 0.15) is 18.1 Å². The van der Waals surface area contributed by atoms with Crippen LogP contribution in [0.15, 0.2) is 43.9 Å². The molecule has 2 N–H and O–H groups in total. The molecule has 0 fully saturated rings. The van der Waals surface area contributed by atoms with Crippen LogP contribution in [0.2, 0.25) is 0 Å². The van der Waals surface area contributed by atoms with Crippen molar-refractivity contribution < 1.29 is 8.94 Å². The highest BCUT2D eigenvalue weighted by molar-refractivity contribution is 7.99. The lowest BCUT2D eigenvalue weighted by Gasteiger charge is -2.02. The molecule has 0 unspecified atom stereocenters. The molecular formula is C16H16N6O2S2. The largest absolute Gasteiger partial charge is 0.469 e. The summed E-state index contributed by atoms with van der Waals surface area (Å²) in [5.41, 5.74) is 0.846. The van der Waals surface area contributed by atoms with Gasteiger partial charge in [-0.2, -0.15) is 4.98 Å². The van der Waals surface area contributed by atoms with E-state index >= 15 is 0 Å². The Labute approximate surface area is 157 Å². The molecule has 0 aliphatic heterocycles. The van der Waals surface area contributed by atoms with E-state index in [9.17, 15) is 0 Å². The molecule has 10 heteroatoms. The zero-order chi connectivity index (χ0) is 17.9. The Bertz CT molecular complexity index is 988. The van der Waals surface area contributed by atoms with Gasteiger partial charge in [-0.15, -0.1) is 21.5 Å². The van der Waals surface area contributed by atoms with Gasteiger partial charge in [0.15, 0.2) is 5.82 Å². The van der Waals surface area contributed by atoms with Crippen LogP contribution in [0, 0.1) is 6.92 Å². The molecule has 0 bridgehead atoms. The number of furan rings is 1. The van der Waals surface area contributed by atoms with Gasteiger partial charge >= 0.3 is 0 Å². The number of aryl methyl sites for hydroxylation is 2. The van der Waals surface area contributed by atoms with Gasteiger partial charge in [0.05, 0.1) is 16.7 Å². The molecule has 0 radical (unpaired) electrons. The number of nitrogen functional groups attached to an aromatic ring is 1. The van der Waals surface area contributed by atoms with Crippen molar-refractivity contribution in [2.75, 3.05) is 11.6 Å². The number of thiophene rings is 1. The van der Waals surface area contributed by atoms with Gasteiger partial charge in [0.1, 0.15) is 5.76 Å². The second-order valence-electron chi connectivity index (χ2n) is 5.51. The Kier molecular flexibility index (Phi) is 4.76. The highest BCUT2D eigenvalue weighted by Gasteiger charge is 2.16. The molecule has 0 atom stereocenters. The second kappa shape index (κ2) is 7.34. The third-order valence-corrected chi connectivity index (χ3v) is 5.64. The molecule has 0 saturated heterocycles. The Morgan fingerprint density at radius 3 is 3.00 bits per heavy atom. The Hall–Kier alpha value is -2.59. The lowest BCUT2D eigenvalue weighted by Crippen LogP contribution is -2.11. The maximum absolute atomic E-state index is 6.10. The van der Waals surface area contributed by atoms with Crippen LogP contribution in [0.25, 0.3) is 22.1 Å². The Morgan fingerprint density at radius 2 is 2.23 bits per heavy atom. The lowest BCUT2D eigenvalue weighted by atomic mass is 10.2. The minimum Gasteiger partial charge on any atom is -0.469 e. The fourth-order valence-electron chi connectivity index (χ4n) is 2.43. The van der Waals surface area contributed by atoms with Gasteiger partial charge in [0.2, 0.25) is 16.9 Å². The summed E-state index contributed by atoms with van der Waals surface area (Å²) in [6, 6.07) is 5.77. The fraction of sp³-hybridized carbons (Fsp3) is 0.250. The van der Waals surface area contributed by atoms with Crippen molar-refractivity contribution in [3.05, 3.63) is 41.5 Å². The topological polar surface area (TPSA) is 109 Å². The molecule has 4 aromatic rings. The molecule has 0 saturated carbocycles. The summed E-state index contributed by atoms with van der Waals surface area (Å²) in [5.74, 6) is 9.56. The van der Waals surface area contributed by atoms with Crippen molar-refractivity contribution in [1.29, 1.82) is 0 Å². The second-order valence-corrected chi connectivity index (χ2v) is 7.52. The predicted molar refractivity (Wildman–Crippen MR) is 99.3 cm³/mol. The summed E-state index contributed by atoms with van der Waals surface area (Å²) in [5, 5.41) is 15.0.